The molecule has 0 bridgehead atoms. The van der Waals surface area contributed by atoms with E-state index in [4.69, 9.17) is 0 Å². The molecule has 1 aliphatic heterocycles. The number of hydrogen-bond acceptors (Lipinski definition) is 3. The number of piperazine rings is 1. The molecular formula is C27H23N3O3. The number of para-hydroxylation sites is 1. The predicted octanol–water partition coefficient (Wildman–Crippen LogP) is 4.07. The molecule has 1 N–H and O–H groups in total. The highest BCUT2D eigenvalue weighted by Crippen LogP contribution is 2.31. The van der Waals surface area contributed by atoms with Crippen molar-refractivity contribution in [3.63, 3.8) is 0 Å². The molecule has 1 atom stereocenters. The van der Waals surface area contributed by atoms with E-state index in [0.717, 1.165) is 27.6 Å². The Morgan fingerprint density at radius 2 is 1.58 bits per heavy atom. The molecule has 0 aliphatic carbocycles. The number of rotatable bonds is 3. The van der Waals surface area contributed by atoms with Gasteiger partial charge in [0.2, 0.25) is 11.5 Å². The Labute approximate surface area is 191 Å². The topological polar surface area (TPSA) is 73.5 Å². The van der Waals surface area contributed by atoms with Gasteiger partial charge in [-0.3, -0.25) is 14.4 Å². The van der Waals surface area contributed by atoms with Crippen molar-refractivity contribution in [3.8, 4) is 11.1 Å². The first-order valence-electron chi connectivity index (χ1n) is 10.9. The summed E-state index contributed by atoms with van der Waals surface area (Å²) in [6.45, 7) is 2.69. The Morgan fingerprint density at radius 1 is 0.848 bits per heavy atom. The second-order valence-corrected chi connectivity index (χ2v) is 8.15. The zero-order chi connectivity index (χ0) is 22.9. The molecule has 4 aromatic rings. The minimum atomic E-state index is -0.566. The van der Waals surface area contributed by atoms with E-state index in [0.29, 0.717) is 18.7 Å². The smallest absolute Gasteiger partial charge is 0.255 e. The van der Waals surface area contributed by atoms with Crippen LogP contribution in [-0.4, -0.2) is 40.8 Å². The Balaban J connectivity index is 1.49. The highest BCUT2D eigenvalue weighted by molar-refractivity contribution is 6.12. The van der Waals surface area contributed by atoms with Crippen LogP contribution in [0.1, 0.15) is 17.3 Å². The molecule has 5 rings (SSSR count). The quantitative estimate of drug-likeness (QED) is 0.525. The van der Waals surface area contributed by atoms with Gasteiger partial charge in [0.25, 0.3) is 5.91 Å². The summed E-state index contributed by atoms with van der Waals surface area (Å²) < 4.78 is 0. The summed E-state index contributed by atoms with van der Waals surface area (Å²) in [5.74, 6) is -0.247. The molecule has 1 aromatic heterocycles. The molecule has 0 spiro atoms. The highest BCUT2D eigenvalue weighted by Gasteiger charge is 2.35. The number of carbonyl (C=O) groups is 2. The zero-order valence-corrected chi connectivity index (χ0v) is 18.2. The minimum Gasteiger partial charge on any atom is -0.328 e. The number of anilines is 1. The number of hydrogen-bond donors (Lipinski definition) is 1. The molecule has 1 aliphatic rings. The molecule has 1 fully saturated rings. The van der Waals surface area contributed by atoms with Gasteiger partial charge in [0.15, 0.2) is 0 Å². The van der Waals surface area contributed by atoms with Crippen LogP contribution in [0.5, 0.6) is 0 Å². The van der Waals surface area contributed by atoms with E-state index in [1.807, 2.05) is 66.7 Å². The molecule has 6 heteroatoms. The van der Waals surface area contributed by atoms with Gasteiger partial charge in [0.1, 0.15) is 6.04 Å². The number of H-pyrrole nitrogens is 1. The third-order valence-electron chi connectivity index (χ3n) is 6.23. The fraction of sp³-hybridized carbons (Fsp3) is 0.148. The van der Waals surface area contributed by atoms with Gasteiger partial charge in [0.05, 0.1) is 0 Å². The molecule has 2 heterocycles. The molecule has 164 valence electrons. The van der Waals surface area contributed by atoms with Crippen LogP contribution in [0, 0.1) is 0 Å². The number of benzene rings is 3. The summed E-state index contributed by atoms with van der Waals surface area (Å²) in [6, 6.07) is 23.7. The maximum Gasteiger partial charge on any atom is 0.255 e. The maximum absolute atomic E-state index is 13.6. The van der Waals surface area contributed by atoms with Crippen LogP contribution in [0.25, 0.3) is 21.9 Å². The van der Waals surface area contributed by atoms with Crippen LogP contribution < -0.4 is 10.5 Å². The van der Waals surface area contributed by atoms with Crippen LogP contribution in [0.3, 0.4) is 0 Å². The average molecular weight is 437 g/mol. The van der Waals surface area contributed by atoms with Gasteiger partial charge in [0, 0.05) is 36.6 Å². The minimum absolute atomic E-state index is 0.0880. The van der Waals surface area contributed by atoms with E-state index < -0.39 is 6.04 Å². The van der Waals surface area contributed by atoms with Crippen molar-refractivity contribution >= 4 is 28.3 Å². The molecule has 3 aromatic carbocycles. The molecule has 6 nitrogen and oxygen atoms in total. The van der Waals surface area contributed by atoms with Gasteiger partial charge in [-0.1, -0.05) is 48.5 Å². The van der Waals surface area contributed by atoms with Gasteiger partial charge in [-0.2, -0.15) is 0 Å². The number of amides is 2. The summed E-state index contributed by atoms with van der Waals surface area (Å²) in [6.07, 6.45) is 1.68. The second-order valence-electron chi connectivity index (χ2n) is 8.15. The van der Waals surface area contributed by atoms with Crippen LogP contribution in [0.2, 0.25) is 0 Å². The number of carbonyl (C=O) groups excluding carboxylic acids is 2. The van der Waals surface area contributed by atoms with E-state index in [1.165, 1.54) is 6.07 Å². The molecule has 0 radical (unpaired) electrons. The van der Waals surface area contributed by atoms with Crippen molar-refractivity contribution in [2.75, 3.05) is 18.0 Å². The first-order chi connectivity index (χ1) is 16.0. The Morgan fingerprint density at radius 3 is 2.30 bits per heavy atom. The fourth-order valence-electron chi connectivity index (χ4n) is 4.48. The SMILES string of the molecule is CC1C(=O)N(c2ccccc2)CCN1C(=O)c1ccc(-c2ccc(=O)[nH]c2)c2ccccc12. The summed E-state index contributed by atoms with van der Waals surface area (Å²) in [7, 11) is 0. The normalized spacial score (nSPS) is 16.3. The Bertz CT molecular complexity index is 1390. The molecule has 33 heavy (non-hydrogen) atoms. The lowest BCUT2D eigenvalue weighted by molar-refractivity contribution is -0.124. The number of nitrogens with one attached hydrogen (secondary N) is 1. The molecular weight excluding hydrogens is 414 g/mol. The van der Waals surface area contributed by atoms with Crippen LogP contribution >= 0.6 is 0 Å². The van der Waals surface area contributed by atoms with Gasteiger partial charge in [-0.05, 0) is 53.1 Å². The van der Waals surface area contributed by atoms with Crippen LogP contribution in [0.15, 0.2) is 89.9 Å². The van der Waals surface area contributed by atoms with Crippen molar-refractivity contribution < 1.29 is 9.59 Å². The molecule has 0 saturated carbocycles. The number of fused-ring (bicyclic) bond motifs is 1. The lowest BCUT2D eigenvalue weighted by Crippen LogP contribution is -2.57. The third-order valence-corrected chi connectivity index (χ3v) is 6.23. The summed E-state index contributed by atoms with van der Waals surface area (Å²) >= 11 is 0. The van der Waals surface area contributed by atoms with E-state index in [-0.39, 0.29) is 17.4 Å². The number of aromatic amines is 1. The second kappa shape index (κ2) is 8.39. The summed E-state index contributed by atoms with van der Waals surface area (Å²) in [4.78, 5) is 44.3. The van der Waals surface area contributed by atoms with Gasteiger partial charge in [-0.15, -0.1) is 0 Å². The third kappa shape index (κ3) is 3.69. The standard InChI is InChI=1S/C27H23N3O3/c1-18-26(32)30(20-7-3-2-4-8-20)16-15-29(18)27(33)24-13-12-21(19-11-14-25(31)28-17-19)22-9-5-6-10-23(22)24/h2-14,17-18H,15-16H2,1H3,(H,28,31). The van der Waals surface area contributed by atoms with Gasteiger partial charge < -0.3 is 14.8 Å². The largest absolute Gasteiger partial charge is 0.328 e. The van der Waals surface area contributed by atoms with E-state index >= 15 is 0 Å². The van der Waals surface area contributed by atoms with E-state index in [2.05, 4.69) is 4.98 Å². The predicted molar refractivity (Wildman–Crippen MR) is 129 cm³/mol. The molecule has 2 amide bonds. The Kier molecular flexibility index (Phi) is 5.26. The maximum atomic E-state index is 13.6. The van der Waals surface area contributed by atoms with Crippen LogP contribution in [-0.2, 0) is 4.79 Å². The van der Waals surface area contributed by atoms with Gasteiger partial charge >= 0.3 is 0 Å². The first-order valence-corrected chi connectivity index (χ1v) is 10.9. The summed E-state index contributed by atoms with van der Waals surface area (Å²) in [5, 5.41) is 1.73. The van der Waals surface area contributed by atoms with Crippen molar-refractivity contribution in [1.29, 1.82) is 0 Å². The average Bonchev–Trinajstić information content (AvgIpc) is 2.86. The number of pyridine rings is 1. The Hall–Kier alpha value is -4.19. The van der Waals surface area contributed by atoms with Crippen molar-refractivity contribution in [1.82, 2.24) is 9.88 Å². The monoisotopic (exact) mass is 437 g/mol. The number of nitrogens with zero attached hydrogens (tertiary/aromatic N) is 2. The first kappa shape index (κ1) is 20.7. The van der Waals surface area contributed by atoms with Crippen molar-refractivity contribution in [2.24, 2.45) is 0 Å². The molecule has 1 unspecified atom stereocenters. The number of aromatic nitrogens is 1. The van der Waals surface area contributed by atoms with Crippen molar-refractivity contribution in [3.05, 3.63) is 101 Å². The zero-order valence-electron chi connectivity index (χ0n) is 18.2. The fourth-order valence-corrected chi connectivity index (χ4v) is 4.48. The molecule has 1 saturated heterocycles. The lowest BCUT2D eigenvalue weighted by atomic mass is 9.95. The van der Waals surface area contributed by atoms with Gasteiger partial charge in [-0.25, -0.2) is 0 Å². The highest BCUT2D eigenvalue weighted by atomic mass is 16.2. The lowest BCUT2D eigenvalue weighted by Gasteiger charge is -2.39. The van der Waals surface area contributed by atoms with E-state index in [9.17, 15) is 14.4 Å². The summed E-state index contributed by atoms with van der Waals surface area (Å²) in [5.41, 5.74) is 3.04. The van der Waals surface area contributed by atoms with Crippen LogP contribution in [0.4, 0.5) is 5.69 Å². The van der Waals surface area contributed by atoms with Crippen molar-refractivity contribution in [2.45, 2.75) is 13.0 Å². The van der Waals surface area contributed by atoms with E-state index in [1.54, 1.807) is 29.0 Å².